The van der Waals surface area contributed by atoms with Gasteiger partial charge in [0.05, 0.1) is 16.7 Å². The second-order valence-electron chi connectivity index (χ2n) is 4.28. The number of benzene rings is 2. The van der Waals surface area contributed by atoms with Gasteiger partial charge in [0.15, 0.2) is 0 Å². The van der Waals surface area contributed by atoms with E-state index in [2.05, 4.69) is 25.7 Å². The van der Waals surface area contributed by atoms with Gasteiger partial charge in [-0.15, -0.1) is 0 Å². The second kappa shape index (κ2) is 5.33. The Hall–Kier alpha value is -2.15. The molecule has 21 heavy (non-hydrogen) atoms. The van der Waals surface area contributed by atoms with Gasteiger partial charge >= 0.3 is 6.61 Å². The van der Waals surface area contributed by atoms with Crippen molar-refractivity contribution < 1.29 is 13.5 Å². The molecule has 0 aliphatic rings. The zero-order chi connectivity index (χ0) is 15.0. The minimum atomic E-state index is -2.91. The summed E-state index contributed by atoms with van der Waals surface area (Å²) in [5.41, 5.74) is 7.72. The maximum Gasteiger partial charge on any atom is 0.387 e. The van der Waals surface area contributed by atoms with Crippen LogP contribution >= 0.6 is 15.9 Å². The first-order valence-electron chi connectivity index (χ1n) is 6.04. The highest BCUT2D eigenvalue weighted by Crippen LogP contribution is 2.31. The van der Waals surface area contributed by atoms with Gasteiger partial charge in [0.25, 0.3) is 0 Å². The molecule has 4 nitrogen and oxygen atoms in total. The van der Waals surface area contributed by atoms with E-state index < -0.39 is 6.61 Å². The molecule has 0 saturated carbocycles. The number of alkyl halides is 2. The third kappa shape index (κ3) is 2.56. The van der Waals surface area contributed by atoms with E-state index in [9.17, 15) is 8.78 Å². The van der Waals surface area contributed by atoms with Crippen LogP contribution in [-0.4, -0.2) is 16.2 Å². The molecule has 0 radical (unpaired) electrons. The summed E-state index contributed by atoms with van der Waals surface area (Å²) in [5.74, 6) is 0.245. The summed E-state index contributed by atoms with van der Waals surface area (Å²) in [6.07, 6.45) is 0. The van der Waals surface area contributed by atoms with E-state index in [1.807, 2.05) is 12.1 Å². The number of nitrogens with zero attached hydrogens (tertiary/aromatic N) is 2. The summed E-state index contributed by atoms with van der Waals surface area (Å²) >= 11 is 3.36. The van der Waals surface area contributed by atoms with Crippen molar-refractivity contribution in [3.05, 3.63) is 46.9 Å². The Bertz CT molecular complexity index is 804. The Labute approximate surface area is 127 Å². The van der Waals surface area contributed by atoms with E-state index in [0.29, 0.717) is 16.7 Å². The van der Waals surface area contributed by atoms with Crippen molar-refractivity contribution in [3.63, 3.8) is 0 Å². The van der Waals surface area contributed by atoms with Crippen LogP contribution in [-0.2, 0) is 0 Å². The highest BCUT2D eigenvalue weighted by atomic mass is 79.9. The molecule has 0 spiro atoms. The first kappa shape index (κ1) is 13.8. The third-order valence-corrected chi connectivity index (χ3v) is 3.46. The molecule has 3 aromatic rings. The van der Waals surface area contributed by atoms with Gasteiger partial charge < -0.3 is 10.5 Å². The molecule has 0 atom stereocenters. The number of anilines is 1. The monoisotopic (exact) mass is 353 g/mol. The molecule has 0 amide bonds. The highest BCUT2D eigenvalue weighted by molar-refractivity contribution is 9.10. The van der Waals surface area contributed by atoms with Crippen LogP contribution in [0.5, 0.6) is 5.75 Å². The summed E-state index contributed by atoms with van der Waals surface area (Å²) in [6, 6.07) is 11.9. The average Bonchev–Trinajstić information content (AvgIpc) is 2.74. The summed E-state index contributed by atoms with van der Waals surface area (Å²) in [7, 11) is 0. The summed E-state index contributed by atoms with van der Waals surface area (Å²) in [6.45, 7) is -2.91. The van der Waals surface area contributed by atoms with Gasteiger partial charge in [0.2, 0.25) is 5.95 Å². The zero-order valence-electron chi connectivity index (χ0n) is 10.6. The molecule has 0 aliphatic heterocycles. The van der Waals surface area contributed by atoms with Crippen LogP contribution in [0, 0.1) is 0 Å². The van der Waals surface area contributed by atoms with Crippen LogP contribution in [0.2, 0.25) is 0 Å². The van der Waals surface area contributed by atoms with E-state index in [-0.39, 0.29) is 11.7 Å². The van der Waals surface area contributed by atoms with Gasteiger partial charge in [-0.1, -0.05) is 28.1 Å². The Morgan fingerprint density at radius 2 is 1.95 bits per heavy atom. The van der Waals surface area contributed by atoms with Gasteiger partial charge in [-0.2, -0.15) is 8.78 Å². The minimum Gasteiger partial charge on any atom is -0.433 e. The second-order valence-corrected chi connectivity index (χ2v) is 5.20. The first-order chi connectivity index (χ1) is 10.1. The van der Waals surface area contributed by atoms with Crippen molar-refractivity contribution >= 4 is 32.9 Å². The lowest BCUT2D eigenvalue weighted by Crippen LogP contribution is -2.07. The minimum absolute atomic E-state index is 0.0430. The lowest BCUT2D eigenvalue weighted by atomic mass is 10.2. The van der Waals surface area contributed by atoms with Crippen LogP contribution in [0.25, 0.3) is 16.7 Å². The van der Waals surface area contributed by atoms with Crippen molar-refractivity contribution in [1.82, 2.24) is 9.55 Å². The van der Waals surface area contributed by atoms with Crippen LogP contribution < -0.4 is 10.5 Å². The van der Waals surface area contributed by atoms with Crippen LogP contribution in [0.3, 0.4) is 0 Å². The number of hydrogen-bond donors (Lipinski definition) is 1. The maximum atomic E-state index is 12.5. The Kier molecular flexibility index (Phi) is 3.50. The average molecular weight is 354 g/mol. The normalized spacial score (nSPS) is 11.2. The number of halogens is 3. The van der Waals surface area contributed by atoms with Gasteiger partial charge in [0, 0.05) is 4.47 Å². The van der Waals surface area contributed by atoms with E-state index >= 15 is 0 Å². The number of nitrogens with two attached hydrogens (primary N) is 1. The maximum absolute atomic E-state index is 12.5. The van der Waals surface area contributed by atoms with Gasteiger partial charge in [-0.05, 0) is 30.3 Å². The van der Waals surface area contributed by atoms with E-state index in [4.69, 9.17) is 5.73 Å². The topological polar surface area (TPSA) is 53.1 Å². The number of hydrogen-bond acceptors (Lipinski definition) is 3. The Morgan fingerprint density at radius 1 is 1.19 bits per heavy atom. The molecule has 0 fully saturated rings. The molecule has 0 unspecified atom stereocenters. The molecule has 2 N–H and O–H groups in total. The van der Waals surface area contributed by atoms with Crippen molar-refractivity contribution in [3.8, 4) is 11.4 Å². The van der Waals surface area contributed by atoms with Crippen molar-refractivity contribution in [1.29, 1.82) is 0 Å². The third-order valence-electron chi connectivity index (χ3n) is 2.96. The number of fused-ring (bicyclic) bond motifs is 1. The first-order valence-corrected chi connectivity index (χ1v) is 6.83. The highest BCUT2D eigenvalue weighted by Gasteiger charge is 2.16. The molecular formula is C14H10BrF2N3O. The molecule has 1 aromatic heterocycles. The Balaban J connectivity index is 2.23. The zero-order valence-corrected chi connectivity index (χ0v) is 12.2. The van der Waals surface area contributed by atoms with Crippen LogP contribution in [0.4, 0.5) is 14.7 Å². The van der Waals surface area contributed by atoms with Crippen molar-refractivity contribution in [2.24, 2.45) is 0 Å². The molecule has 0 bridgehead atoms. The van der Waals surface area contributed by atoms with Gasteiger partial charge in [-0.25, -0.2) is 4.98 Å². The van der Waals surface area contributed by atoms with Gasteiger partial charge in [-0.3, -0.25) is 4.57 Å². The number of nitrogen functional groups attached to an aromatic ring is 1. The van der Waals surface area contributed by atoms with Crippen molar-refractivity contribution in [2.75, 3.05) is 5.73 Å². The molecule has 0 saturated heterocycles. The summed E-state index contributed by atoms with van der Waals surface area (Å²) in [4.78, 5) is 4.24. The largest absolute Gasteiger partial charge is 0.433 e. The van der Waals surface area contributed by atoms with E-state index in [1.165, 1.54) is 6.07 Å². The van der Waals surface area contributed by atoms with Crippen molar-refractivity contribution in [2.45, 2.75) is 6.61 Å². The quantitative estimate of drug-likeness (QED) is 0.774. The molecule has 108 valence electrons. The summed E-state index contributed by atoms with van der Waals surface area (Å²) in [5, 5.41) is 0. The predicted molar refractivity (Wildman–Crippen MR) is 79.8 cm³/mol. The lowest BCUT2D eigenvalue weighted by Gasteiger charge is -2.12. The molecule has 3 rings (SSSR count). The smallest absolute Gasteiger partial charge is 0.387 e. The predicted octanol–water partition coefficient (Wildman–Crippen LogP) is 3.97. The number of ether oxygens (including phenoxy) is 1. The molecule has 2 aromatic carbocycles. The fraction of sp³-hybridized carbons (Fsp3) is 0.0714. The number of aromatic nitrogens is 2. The van der Waals surface area contributed by atoms with Gasteiger partial charge in [0.1, 0.15) is 5.75 Å². The van der Waals surface area contributed by atoms with Crippen LogP contribution in [0.15, 0.2) is 46.9 Å². The molecule has 1 heterocycles. The van der Waals surface area contributed by atoms with Crippen LogP contribution in [0.1, 0.15) is 0 Å². The fourth-order valence-corrected chi connectivity index (χ4v) is 2.51. The van der Waals surface area contributed by atoms with E-state index in [0.717, 1.165) is 4.47 Å². The number of para-hydroxylation sites is 2. The molecular weight excluding hydrogens is 344 g/mol. The summed E-state index contributed by atoms with van der Waals surface area (Å²) < 4.78 is 32.0. The lowest BCUT2D eigenvalue weighted by molar-refractivity contribution is -0.0498. The number of imidazole rings is 1. The molecule has 0 aliphatic carbocycles. The fourth-order valence-electron chi connectivity index (χ4n) is 2.16. The molecule has 7 heteroatoms. The Morgan fingerprint density at radius 3 is 2.71 bits per heavy atom. The standard InChI is InChI=1S/C14H10BrF2N3O/c15-8-5-6-10-9(7-8)19-14(18)20(10)11-3-1-2-4-12(11)21-13(16)17/h1-7,13H,(H2,18,19). The SMILES string of the molecule is Nc1nc2cc(Br)ccc2n1-c1ccccc1OC(F)F. The number of rotatable bonds is 3. The van der Waals surface area contributed by atoms with E-state index in [1.54, 1.807) is 28.8 Å².